The lowest BCUT2D eigenvalue weighted by Gasteiger charge is -2.49. The molecule has 2 saturated carbocycles. The summed E-state index contributed by atoms with van der Waals surface area (Å²) in [6.45, 7) is 3.97. The molecule has 5 aromatic rings. The summed E-state index contributed by atoms with van der Waals surface area (Å²) >= 11 is 0. The van der Waals surface area contributed by atoms with Crippen LogP contribution < -0.4 is 0 Å². The number of hydrogen-bond donors (Lipinski definition) is 2. The normalized spacial score (nSPS) is 26.4. The molecule has 7 rings (SSSR count). The molecule has 0 saturated heterocycles. The molecule has 0 bridgehead atoms. The molecule has 2 N–H and O–H groups in total. The lowest BCUT2D eigenvalue weighted by molar-refractivity contribution is -0.0819. The lowest BCUT2D eigenvalue weighted by Crippen LogP contribution is -2.49. The van der Waals surface area contributed by atoms with Crippen molar-refractivity contribution in [2.75, 3.05) is 28.2 Å². The third kappa shape index (κ3) is 9.74. The van der Waals surface area contributed by atoms with Gasteiger partial charge in [0.15, 0.2) is 0 Å². The summed E-state index contributed by atoms with van der Waals surface area (Å²) in [5.74, 6) is 1.23. The maximum Gasteiger partial charge on any atom is 0.0871 e. The first-order valence-corrected chi connectivity index (χ1v) is 20.3. The zero-order valence-corrected chi connectivity index (χ0v) is 33.4. The molecule has 2 fully saturated rings. The van der Waals surface area contributed by atoms with Gasteiger partial charge in [0.05, 0.1) is 11.2 Å². The highest BCUT2D eigenvalue weighted by atomic mass is 16.3. The first-order valence-electron chi connectivity index (χ1n) is 20.3. The van der Waals surface area contributed by atoms with E-state index in [1.807, 2.05) is 12.1 Å². The Labute approximate surface area is 331 Å². The van der Waals surface area contributed by atoms with Crippen LogP contribution in [0.3, 0.4) is 0 Å². The standard InChI is InChI=1S/C28H33NO.C23H29NO/c1-29(2)27(24-16-10-5-11-17-24)26-20-25(23-14-8-4-9-15-23)18-19-28(26,30)21-22-12-6-3-7-13-22;1-4-23(25)16-15-20(18-11-7-5-8-12-18)17-21(23)22(24(2)3)19-13-9-6-10-14-19/h3-17,25-27,30H,18-21H2,1-2H3;4-14,20-22,25H,1,15-17H2,2-3H3. The van der Waals surface area contributed by atoms with Crippen LogP contribution in [0.5, 0.6) is 0 Å². The van der Waals surface area contributed by atoms with E-state index < -0.39 is 11.2 Å². The van der Waals surface area contributed by atoms with Gasteiger partial charge in [0.1, 0.15) is 0 Å². The van der Waals surface area contributed by atoms with Crippen molar-refractivity contribution in [1.82, 2.24) is 9.80 Å². The average Bonchev–Trinajstić information content (AvgIpc) is 3.21. The lowest BCUT2D eigenvalue weighted by atomic mass is 9.63. The van der Waals surface area contributed by atoms with E-state index in [-0.39, 0.29) is 23.9 Å². The quantitative estimate of drug-likeness (QED) is 0.133. The summed E-state index contributed by atoms with van der Waals surface area (Å²) in [7, 11) is 8.50. The topological polar surface area (TPSA) is 46.9 Å². The number of rotatable bonds is 11. The van der Waals surface area contributed by atoms with Gasteiger partial charge in [0, 0.05) is 30.3 Å². The molecule has 8 unspecified atom stereocenters. The van der Waals surface area contributed by atoms with Gasteiger partial charge in [-0.3, -0.25) is 0 Å². The Kier molecular flexibility index (Phi) is 13.6. The second kappa shape index (κ2) is 18.5. The van der Waals surface area contributed by atoms with E-state index in [9.17, 15) is 10.2 Å². The van der Waals surface area contributed by atoms with Gasteiger partial charge in [-0.25, -0.2) is 0 Å². The van der Waals surface area contributed by atoms with Crippen molar-refractivity contribution >= 4 is 0 Å². The first-order chi connectivity index (χ1) is 26.6. The zero-order valence-electron chi connectivity index (χ0n) is 33.4. The highest BCUT2D eigenvalue weighted by Crippen LogP contribution is 2.51. The van der Waals surface area contributed by atoms with Crippen molar-refractivity contribution in [2.24, 2.45) is 11.8 Å². The Bertz CT molecular complexity index is 1870. The number of hydrogen-bond acceptors (Lipinski definition) is 4. The van der Waals surface area contributed by atoms with Crippen LogP contribution in [0, 0.1) is 11.8 Å². The van der Waals surface area contributed by atoms with Crippen LogP contribution in [0.2, 0.25) is 0 Å². The summed E-state index contributed by atoms with van der Waals surface area (Å²) in [5, 5.41) is 23.4. The third-order valence-electron chi connectivity index (χ3n) is 12.6. The minimum absolute atomic E-state index is 0.112. The molecule has 288 valence electrons. The maximum absolute atomic E-state index is 12.1. The van der Waals surface area contributed by atoms with E-state index in [0.29, 0.717) is 18.3 Å². The van der Waals surface area contributed by atoms with Crippen LogP contribution >= 0.6 is 0 Å². The second-order valence-electron chi connectivity index (χ2n) is 16.6. The smallest absolute Gasteiger partial charge is 0.0871 e. The van der Waals surface area contributed by atoms with Gasteiger partial charge in [-0.05, 0) is 106 Å². The van der Waals surface area contributed by atoms with Crippen LogP contribution in [0.25, 0.3) is 0 Å². The molecule has 0 amide bonds. The molecule has 2 aliphatic carbocycles. The Morgan fingerprint density at radius 3 is 1.38 bits per heavy atom. The van der Waals surface area contributed by atoms with E-state index >= 15 is 0 Å². The Morgan fingerprint density at radius 1 is 0.564 bits per heavy atom. The molecule has 5 aromatic carbocycles. The molecule has 2 aliphatic rings. The molecule has 0 aliphatic heterocycles. The predicted octanol–water partition coefficient (Wildman–Crippen LogP) is 10.6. The molecule has 0 spiro atoms. The Balaban J connectivity index is 0.000000190. The second-order valence-corrected chi connectivity index (χ2v) is 16.6. The van der Waals surface area contributed by atoms with Crippen molar-refractivity contribution in [2.45, 2.75) is 80.1 Å². The fraction of sp³-hybridized carbons (Fsp3) is 0.373. The number of benzene rings is 5. The van der Waals surface area contributed by atoms with E-state index in [0.717, 1.165) is 38.5 Å². The van der Waals surface area contributed by atoms with Gasteiger partial charge in [0.2, 0.25) is 0 Å². The molecular formula is C51H62N2O2. The third-order valence-corrected chi connectivity index (χ3v) is 12.6. The van der Waals surface area contributed by atoms with Gasteiger partial charge in [0.25, 0.3) is 0 Å². The van der Waals surface area contributed by atoms with Gasteiger partial charge >= 0.3 is 0 Å². The van der Waals surface area contributed by atoms with Gasteiger partial charge in [-0.2, -0.15) is 0 Å². The molecular weight excluding hydrogens is 673 g/mol. The summed E-state index contributed by atoms with van der Waals surface area (Å²) in [6.07, 6.45) is 8.04. The van der Waals surface area contributed by atoms with Crippen LogP contribution in [0.1, 0.15) is 90.3 Å². The van der Waals surface area contributed by atoms with E-state index in [1.54, 1.807) is 6.08 Å². The van der Waals surface area contributed by atoms with Crippen LogP contribution in [-0.2, 0) is 6.42 Å². The minimum atomic E-state index is -0.823. The monoisotopic (exact) mass is 734 g/mol. The summed E-state index contributed by atoms with van der Waals surface area (Å²) < 4.78 is 0. The molecule has 4 heteroatoms. The fourth-order valence-electron chi connectivity index (χ4n) is 9.86. The van der Waals surface area contributed by atoms with Crippen LogP contribution in [0.15, 0.2) is 164 Å². The molecule has 55 heavy (non-hydrogen) atoms. The summed E-state index contributed by atoms with van der Waals surface area (Å²) in [5.41, 5.74) is 4.99. The van der Waals surface area contributed by atoms with Gasteiger partial charge < -0.3 is 20.0 Å². The number of nitrogens with zero attached hydrogens (tertiary/aromatic N) is 2. The molecule has 0 aromatic heterocycles. The highest BCUT2D eigenvalue weighted by Gasteiger charge is 2.47. The maximum atomic E-state index is 12.1. The summed E-state index contributed by atoms with van der Waals surface area (Å²) in [4.78, 5) is 4.53. The zero-order chi connectivity index (χ0) is 38.8. The largest absolute Gasteiger partial charge is 0.389 e. The van der Waals surface area contributed by atoms with Crippen molar-refractivity contribution in [3.05, 3.63) is 192 Å². The van der Waals surface area contributed by atoms with Crippen molar-refractivity contribution < 1.29 is 10.2 Å². The molecule has 0 radical (unpaired) electrons. The predicted molar refractivity (Wildman–Crippen MR) is 229 cm³/mol. The van der Waals surface area contributed by atoms with E-state index in [2.05, 4.69) is 184 Å². The van der Waals surface area contributed by atoms with Crippen LogP contribution in [-0.4, -0.2) is 59.4 Å². The number of aliphatic hydroxyl groups is 2. The van der Waals surface area contributed by atoms with Crippen molar-refractivity contribution in [1.29, 1.82) is 0 Å². The Hall–Kier alpha value is -4.32. The highest BCUT2D eigenvalue weighted by molar-refractivity contribution is 5.29. The van der Waals surface area contributed by atoms with Gasteiger partial charge in [-0.1, -0.05) is 158 Å². The Morgan fingerprint density at radius 2 is 0.945 bits per heavy atom. The van der Waals surface area contributed by atoms with E-state index in [4.69, 9.17) is 0 Å². The summed E-state index contributed by atoms with van der Waals surface area (Å²) in [6, 6.07) is 53.6. The van der Waals surface area contributed by atoms with Crippen molar-refractivity contribution in [3.63, 3.8) is 0 Å². The van der Waals surface area contributed by atoms with Gasteiger partial charge in [-0.15, -0.1) is 6.58 Å². The van der Waals surface area contributed by atoms with Crippen molar-refractivity contribution in [3.8, 4) is 0 Å². The SMILES string of the molecule is C=CC1(O)CCC(c2ccccc2)CC1C(c1ccccc1)N(C)C.CN(C)C(c1ccccc1)C1CC(c2ccccc2)CCC1(O)Cc1ccccc1. The fourth-order valence-corrected chi connectivity index (χ4v) is 9.86. The van der Waals surface area contributed by atoms with Crippen LogP contribution in [0.4, 0.5) is 0 Å². The molecule has 4 nitrogen and oxygen atoms in total. The first kappa shape index (κ1) is 40.3. The average molecular weight is 735 g/mol. The molecule has 8 atom stereocenters. The molecule has 0 heterocycles. The van der Waals surface area contributed by atoms with E-state index in [1.165, 1.54) is 27.8 Å². The minimum Gasteiger partial charge on any atom is -0.389 e.